The predicted molar refractivity (Wildman–Crippen MR) is 80.7 cm³/mol. The molecular weight excluding hydrogens is 216 g/mol. The molecule has 0 aliphatic carbocycles. The van der Waals surface area contributed by atoms with E-state index in [-0.39, 0.29) is 5.41 Å². The molecule has 2 rings (SSSR count). The fourth-order valence-electron chi connectivity index (χ4n) is 2.01. The van der Waals surface area contributed by atoms with Gasteiger partial charge in [0.15, 0.2) is 0 Å². The van der Waals surface area contributed by atoms with E-state index in [1.54, 1.807) is 0 Å². The molecule has 0 atom stereocenters. The minimum atomic E-state index is 0.187. The first-order chi connectivity index (χ1) is 8.50. The van der Waals surface area contributed by atoms with E-state index in [0.29, 0.717) is 0 Å². The van der Waals surface area contributed by atoms with Crippen LogP contribution in [-0.4, -0.2) is 0 Å². The van der Waals surface area contributed by atoms with Gasteiger partial charge >= 0.3 is 0 Å². The van der Waals surface area contributed by atoms with Crippen molar-refractivity contribution in [3.8, 4) is 11.1 Å². The van der Waals surface area contributed by atoms with Crippen molar-refractivity contribution in [2.45, 2.75) is 26.2 Å². The Morgan fingerprint density at radius 3 is 2.11 bits per heavy atom. The Morgan fingerprint density at radius 1 is 0.889 bits per heavy atom. The van der Waals surface area contributed by atoms with Crippen molar-refractivity contribution < 1.29 is 0 Å². The lowest BCUT2D eigenvalue weighted by Crippen LogP contribution is -2.10. The molecule has 0 heteroatoms. The maximum atomic E-state index is 3.82. The van der Waals surface area contributed by atoms with Gasteiger partial charge in [-0.15, -0.1) is 0 Å². The van der Waals surface area contributed by atoms with E-state index in [4.69, 9.17) is 0 Å². The van der Waals surface area contributed by atoms with Gasteiger partial charge in [0.25, 0.3) is 0 Å². The van der Waals surface area contributed by atoms with E-state index in [0.717, 1.165) is 5.56 Å². The van der Waals surface area contributed by atoms with Crippen LogP contribution in [0.1, 0.15) is 31.9 Å². The van der Waals surface area contributed by atoms with Crippen molar-refractivity contribution in [2.75, 3.05) is 0 Å². The van der Waals surface area contributed by atoms with Crippen molar-refractivity contribution in [3.63, 3.8) is 0 Å². The van der Waals surface area contributed by atoms with E-state index in [2.05, 4.69) is 75.9 Å². The van der Waals surface area contributed by atoms with Crippen LogP contribution in [0.25, 0.3) is 17.2 Å². The fraction of sp³-hybridized carbons (Fsp3) is 0.222. The van der Waals surface area contributed by atoms with Gasteiger partial charge in [-0.25, -0.2) is 0 Å². The Balaban J connectivity index is 2.47. The Hall–Kier alpha value is -1.82. The van der Waals surface area contributed by atoms with Gasteiger partial charge in [-0.1, -0.05) is 75.9 Å². The maximum Gasteiger partial charge on any atom is -0.0132 e. The zero-order valence-electron chi connectivity index (χ0n) is 11.4. The van der Waals surface area contributed by atoms with Crippen molar-refractivity contribution in [1.82, 2.24) is 0 Å². The molecule has 0 amide bonds. The van der Waals surface area contributed by atoms with Crippen LogP contribution in [0.15, 0.2) is 55.1 Å². The summed E-state index contributed by atoms with van der Waals surface area (Å²) in [5.41, 5.74) is 5.23. The molecule has 0 bridgehead atoms. The van der Waals surface area contributed by atoms with Gasteiger partial charge in [0, 0.05) is 0 Å². The molecule has 0 aromatic heterocycles. The maximum absolute atomic E-state index is 3.82. The molecule has 0 unspecified atom stereocenters. The van der Waals surface area contributed by atoms with Crippen LogP contribution in [0.2, 0.25) is 0 Å². The summed E-state index contributed by atoms with van der Waals surface area (Å²) in [5.74, 6) is 0. The van der Waals surface area contributed by atoms with Gasteiger partial charge < -0.3 is 0 Å². The molecule has 0 saturated heterocycles. The topological polar surface area (TPSA) is 0 Å². The molecule has 0 spiro atoms. The van der Waals surface area contributed by atoms with Crippen molar-refractivity contribution in [1.29, 1.82) is 0 Å². The highest BCUT2D eigenvalue weighted by Crippen LogP contribution is 2.28. The van der Waals surface area contributed by atoms with Crippen LogP contribution in [0, 0.1) is 0 Å². The number of hydrogen-bond donors (Lipinski definition) is 0. The summed E-state index contributed by atoms with van der Waals surface area (Å²) in [6.45, 7) is 10.5. The standard InChI is InChI=1S/C18H20/c1-5-14-8-6-9-15(12-14)16-10-7-11-17(13-16)18(2,3)4/h5-13H,1H2,2-4H3. The highest BCUT2D eigenvalue weighted by molar-refractivity contribution is 5.68. The second-order valence-electron chi connectivity index (χ2n) is 5.66. The lowest BCUT2D eigenvalue weighted by atomic mass is 9.85. The first-order valence-corrected chi connectivity index (χ1v) is 6.34. The van der Waals surface area contributed by atoms with E-state index in [9.17, 15) is 0 Å². The lowest BCUT2D eigenvalue weighted by molar-refractivity contribution is 0.590. The lowest BCUT2D eigenvalue weighted by Gasteiger charge is -2.19. The van der Waals surface area contributed by atoms with Crippen molar-refractivity contribution in [3.05, 3.63) is 66.2 Å². The smallest absolute Gasteiger partial charge is 0.0132 e. The van der Waals surface area contributed by atoms with Crippen LogP contribution in [0.4, 0.5) is 0 Å². The van der Waals surface area contributed by atoms with E-state index >= 15 is 0 Å². The number of benzene rings is 2. The van der Waals surface area contributed by atoms with Crippen LogP contribution < -0.4 is 0 Å². The molecule has 18 heavy (non-hydrogen) atoms. The minimum absolute atomic E-state index is 0.187. The van der Waals surface area contributed by atoms with Crippen LogP contribution >= 0.6 is 0 Å². The first-order valence-electron chi connectivity index (χ1n) is 6.34. The normalized spacial score (nSPS) is 11.3. The van der Waals surface area contributed by atoms with Gasteiger partial charge in [0.05, 0.1) is 0 Å². The SMILES string of the molecule is C=Cc1cccc(-c2cccc(C(C)(C)C)c2)c1. The molecule has 0 fully saturated rings. The van der Waals surface area contributed by atoms with E-state index < -0.39 is 0 Å². The quantitative estimate of drug-likeness (QED) is 0.664. The zero-order chi connectivity index (χ0) is 13.2. The fourth-order valence-corrected chi connectivity index (χ4v) is 2.01. The first kappa shape index (κ1) is 12.6. The highest BCUT2D eigenvalue weighted by Gasteiger charge is 2.13. The zero-order valence-corrected chi connectivity index (χ0v) is 11.4. The second kappa shape index (κ2) is 4.81. The van der Waals surface area contributed by atoms with Crippen LogP contribution in [0.3, 0.4) is 0 Å². The van der Waals surface area contributed by atoms with Gasteiger partial charge in [-0.05, 0) is 33.7 Å². The molecule has 0 nitrogen and oxygen atoms in total. The monoisotopic (exact) mass is 236 g/mol. The van der Waals surface area contributed by atoms with Gasteiger partial charge in [-0.2, -0.15) is 0 Å². The molecular formula is C18H20. The minimum Gasteiger partial charge on any atom is -0.0985 e. The summed E-state index contributed by atoms with van der Waals surface area (Å²) in [6.07, 6.45) is 1.89. The molecule has 2 aromatic rings. The molecule has 0 N–H and O–H groups in total. The summed E-state index contributed by atoms with van der Waals surface area (Å²) < 4.78 is 0. The molecule has 0 aliphatic heterocycles. The molecule has 0 radical (unpaired) electrons. The third-order valence-corrected chi connectivity index (χ3v) is 3.18. The molecule has 2 aromatic carbocycles. The summed E-state index contributed by atoms with van der Waals surface area (Å²) in [6, 6.07) is 17.3. The average molecular weight is 236 g/mol. The molecule has 92 valence electrons. The Labute approximate surface area is 110 Å². The number of rotatable bonds is 2. The van der Waals surface area contributed by atoms with Crippen LogP contribution in [-0.2, 0) is 5.41 Å². The largest absolute Gasteiger partial charge is 0.0985 e. The Kier molecular flexibility index (Phi) is 3.38. The summed E-state index contributed by atoms with van der Waals surface area (Å²) >= 11 is 0. The van der Waals surface area contributed by atoms with Crippen LogP contribution in [0.5, 0.6) is 0 Å². The van der Waals surface area contributed by atoms with E-state index in [1.807, 2.05) is 6.08 Å². The summed E-state index contributed by atoms with van der Waals surface area (Å²) in [7, 11) is 0. The van der Waals surface area contributed by atoms with Crippen molar-refractivity contribution in [2.24, 2.45) is 0 Å². The Bertz CT molecular complexity index is 556. The van der Waals surface area contributed by atoms with Crippen molar-refractivity contribution >= 4 is 6.08 Å². The third kappa shape index (κ3) is 2.70. The highest BCUT2D eigenvalue weighted by atomic mass is 14.2. The van der Waals surface area contributed by atoms with Gasteiger partial charge in [-0.3, -0.25) is 0 Å². The second-order valence-corrected chi connectivity index (χ2v) is 5.66. The molecule has 0 saturated carbocycles. The number of hydrogen-bond acceptors (Lipinski definition) is 0. The summed E-state index contributed by atoms with van der Waals surface area (Å²) in [4.78, 5) is 0. The predicted octanol–water partition coefficient (Wildman–Crippen LogP) is 5.29. The van der Waals surface area contributed by atoms with E-state index in [1.165, 1.54) is 16.7 Å². The van der Waals surface area contributed by atoms with Gasteiger partial charge in [0.2, 0.25) is 0 Å². The molecule has 0 heterocycles. The molecule has 0 aliphatic rings. The summed E-state index contributed by atoms with van der Waals surface area (Å²) in [5, 5.41) is 0. The Morgan fingerprint density at radius 2 is 1.50 bits per heavy atom. The third-order valence-electron chi connectivity index (χ3n) is 3.18. The average Bonchev–Trinajstić information content (AvgIpc) is 2.38. The van der Waals surface area contributed by atoms with Gasteiger partial charge in [0.1, 0.15) is 0 Å².